The van der Waals surface area contributed by atoms with E-state index in [0.29, 0.717) is 5.75 Å². The van der Waals surface area contributed by atoms with Gasteiger partial charge in [0.2, 0.25) is 5.88 Å². The molecule has 27 heavy (non-hydrogen) atoms. The van der Waals surface area contributed by atoms with Crippen LogP contribution >= 0.6 is 11.6 Å². The number of phenolic OH excluding ortho intramolecular Hbond substituents is 1. The summed E-state index contributed by atoms with van der Waals surface area (Å²) < 4.78 is 5.61. The number of nitrogens with one attached hydrogen (secondary N) is 2. The van der Waals surface area contributed by atoms with Crippen molar-refractivity contribution < 1.29 is 19.4 Å². The van der Waals surface area contributed by atoms with E-state index in [1.165, 1.54) is 30.5 Å². The first-order valence-electron chi connectivity index (χ1n) is 7.81. The average Bonchev–Trinajstić information content (AvgIpc) is 2.69. The third-order valence-corrected chi connectivity index (χ3v) is 3.70. The fourth-order valence-corrected chi connectivity index (χ4v) is 2.36. The number of phenols is 1. The molecule has 0 saturated carbocycles. The Morgan fingerprint density at radius 1 is 0.926 bits per heavy atom. The van der Waals surface area contributed by atoms with E-state index in [-0.39, 0.29) is 27.8 Å². The molecule has 0 saturated heterocycles. The van der Waals surface area contributed by atoms with Gasteiger partial charge in [0.05, 0.1) is 5.56 Å². The lowest BCUT2D eigenvalue weighted by Crippen LogP contribution is -2.41. The van der Waals surface area contributed by atoms with Crippen LogP contribution in [-0.4, -0.2) is 21.9 Å². The number of pyridine rings is 1. The van der Waals surface area contributed by atoms with Crippen molar-refractivity contribution in [3.63, 3.8) is 0 Å². The Morgan fingerprint density at radius 3 is 2.37 bits per heavy atom. The molecule has 136 valence electrons. The number of carbonyl (C=O) groups excluding carboxylic acids is 2. The summed E-state index contributed by atoms with van der Waals surface area (Å²) in [6, 6.07) is 15.9. The largest absolute Gasteiger partial charge is 0.507 e. The zero-order valence-electron chi connectivity index (χ0n) is 13.8. The van der Waals surface area contributed by atoms with Crippen LogP contribution in [0.1, 0.15) is 20.7 Å². The minimum atomic E-state index is -0.724. The number of carbonyl (C=O) groups is 2. The first kappa shape index (κ1) is 18.2. The van der Waals surface area contributed by atoms with Crippen molar-refractivity contribution in [2.75, 3.05) is 0 Å². The van der Waals surface area contributed by atoms with Crippen molar-refractivity contribution in [1.29, 1.82) is 0 Å². The number of ether oxygens (including phenoxy) is 1. The molecule has 3 rings (SSSR count). The number of aromatic hydroxyl groups is 1. The zero-order valence-corrected chi connectivity index (χ0v) is 14.6. The SMILES string of the molecule is O=C(NNC(=O)c1cccnc1Oc1ccccc1)c1cc(Cl)ccc1O. The summed E-state index contributed by atoms with van der Waals surface area (Å²) >= 11 is 5.81. The van der Waals surface area contributed by atoms with Gasteiger partial charge in [-0.2, -0.15) is 0 Å². The van der Waals surface area contributed by atoms with E-state index in [0.717, 1.165) is 0 Å². The van der Waals surface area contributed by atoms with E-state index in [1.54, 1.807) is 30.3 Å². The molecule has 0 fully saturated rings. The van der Waals surface area contributed by atoms with Crippen LogP contribution in [0.4, 0.5) is 0 Å². The van der Waals surface area contributed by atoms with Gasteiger partial charge in [0, 0.05) is 11.2 Å². The monoisotopic (exact) mass is 383 g/mol. The number of hydrogen-bond acceptors (Lipinski definition) is 5. The molecule has 1 heterocycles. The molecule has 1 aromatic heterocycles. The molecule has 2 amide bonds. The lowest BCUT2D eigenvalue weighted by Gasteiger charge is -2.11. The number of hydrazine groups is 1. The van der Waals surface area contributed by atoms with Crippen LogP contribution in [0.25, 0.3) is 0 Å². The number of rotatable bonds is 4. The molecular formula is C19H14ClN3O4. The van der Waals surface area contributed by atoms with Crippen LogP contribution in [0.5, 0.6) is 17.4 Å². The molecule has 0 atom stereocenters. The van der Waals surface area contributed by atoms with Crippen molar-refractivity contribution in [2.24, 2.45) is 0 Å². The lowest BCUT2D eigenvalue weighted by atomic mass is 10.2. The van der Waals surface area contributed by atoms with Crippen LogP contribution in [0.2, 0.25) is 5.02 Å². The zero-order chi connectivity index (χ0) is 19.2. The normalized spacial score (nSPS) is 10.1. The number of halogens is 1. The van der Waals surface area contributed by atoms with Crippen molar-refractivity contribution in [1.82, 2.24) is 15.8 Å². The number of hydrogen-bond donors (Lipinski definition) is 3. The molecule has 3 aromatic rings. The van der Waals surface area contributed by atoms with Gasteiger partial charge in [-0.15, -0.1) is 0 Å². The van der Waals surface area contributed by atoms with Gasteiger partial charge in [-0.05, 0) is 42.5 Å². The Morgan fingerprint density at radius 2 is 1.63 bits per heavy atom. The number of benzene rings is 2. The molecule has 0 unspecified atom stereocenters. The molecule has 0 aliphatic heterocycles. The smallest absolute Gasteiger partial charge is 0.275 e. The molecule has 8 heteroatoms. The summed E-state index contributed by atoms with van der Waals surface area (Å²) in [5.74, 6) is -1.03. The van der Waals surface area contributed by atoms with E-state index >= 15 is 0 Å². The Balaban J connectivity index is 1.71. The second kappa shape index (κ2) is 8.20. The summed E-state index contributed by atoms with van der Waals surface area (Å²) in [4.78, 5) is 28.6. The van der Waals surface area contributed by atoms with E-state index in [2.05, 4.69) is 15.8 Å². The van der Waals surface area contributed by atoms with Gasteiger partial charge < -0.3 is 9.84 Å². The molecule has 0 aliphatic rings. The number of aromatic nitrogens is 1. The minimum absolute atomic E-state index is 0.0743. The Hall–Kier alpha value is -3.58. The Labute approximate surface area is 159 Å². The van der Waals surface area contributed by atoms with Crippen LogP contribution in [0.15, 0.2) is 66.9 Å². The first-order valence-corrected chi connectivity index (χ1v) is 8.19. The van der Waals surface area contributed by atoms with Crippen LogP contribution in [0.3, 0.4) is 0 Å². The summed E-state index contributed by atoms with van der Waals surface area (Å²) in [5.41, 5.74) is 4.52. The van der Waals surface area contributed by atoms with Crippen molar-refractivity contribution in [2.45, 2.75) is 0 Å². The van der Waals surface area contributed by atoms with E-state index in [9.17, 15) is 14.7 Å². The van der Waals surface area contributed by atoms with Crippen molar-refractivity contribution >= 4 is 23.4 Å². The highest BCUT2D eigenvalue weighted by Gasteiger charge is 2.17. The number of para-hydroxylation sites is 1. The van der Waals surface area contributed by atoms with Gasteiger partial charge in [0.25, 0.3) is 11.8 Å². The maximum atomic E-state index is 12.4. The highest BCUT2D eigenvalue weighted by Crippen LogP contribution is 2.23. The molecule has 3 N–H and O–H groups in total. The highest BCUT2D eigenvalue weighted by molar-refractivity contribution is 6.31. The number of amides is 2. The van der Waals surface area contributed by atoms with E-state index < -0.39 is 11.8 Å². The Kier molecular flexibility index (Phi) is 5.53. The average molecular weight is 384 g/mol. The maximum absolute atomic E-state index is 12.4. The second-order valence-electron chi connectivity index (χ2n) is 5.34. The molecule has 7 nitrogen and oxygen atoms in total. The van der Waals surface area contributed by atoms with Crippen LogP contribution < -0.4 is 15.6 Å². The van der Waals surface area contributed by atoms with Gasteiger partial charge in [-0.3, -0.25) is 20.4 Å². The second-order valence-corrected chi connectivity index (χ2v) is 5.78. The van der Waals surface area contributed by atoms with Gasteiger partial charge in [-0.25, -0.2) is 4.98 Å². The quantitative estimate of drug-likeness (QED) is 0.600. The predicted molar refractivity (Wildman–Crippen MR) is 98.8 cm³/mol. The maximum Gasteiger partial charge on any atom is 0.275 e. The molecule has 0 aliphatic carbocycles. The minimum Gasteiger partial charge on any atom is -0.507 e. The molecule has 0 radical (unpaired) electrons. The van der Waals surface area contributed by atoms with Gasteiger partial charge >= 0.3 is 0 Å². The molecule has 2 aromatic carbocycles. The summed E-state index contributed by atoms with van der Waals surface area (Å²) in [5, 5.41) is 10.0. The lowest BCUT2D eigenvalue weighted by molar-refractivity contribution is 0.0843. The number of nitrogens with zero attached hydrogens (tertiary/aromatic N) is 1. The topological polar surface area (TPSA) is 101 Å². The van der Waals surface area contributed by atoms with Gasteiger partial charge in [0.1, 0.15) is 17.1 Å². The van der Waals surface area contributed by atoms with Crippen molar-refractivity contribution in [3.8, 4) is 17.4 Å². The highest BCUT2D eigenvalue weighted by atomic mass is 35.5. The van der Waals surface area contributed by atoms with E-state index in [1.807, 2.05) is 6.07 Å². The third kappa shape index (κ3) is 4.53. The van der Waals surface area contributed by atoms with Gasteiger partial charge in [-0.1, -0.05) is 29.8 Å². The summed E-state index contributed by atoms with van der Waals surface area (Å²) in [6.07, 6.45) is 1.48. The first-order chi connectivity index (χ1) is 13.0. The van der Waals surface area contributed by atoms with Crippen LogP contribution in [-0.2, 0) is 0 Å². The standard InChI is InChI=1S/C19H14ClN3O4/c20-12-8-9-16(24)15(11-12)18(26)23-22-17(25)14-7-4-10-21-19(14)27-13-5-2-1-3-6-13/h1-11,24H,(H,22,25)(H,23,26). The summed E-state index contributed by atoms with van der Waals surface area (Å²) in [7, 11) is 0. The molecular weight excluding hydrogens is 370 g/mol. The fourth-order valence-electron chi connectivity index (χ4n) is 2.18. The van der Waals surface area contributed by atoms with E-state index in [4.69, 9.17) is 16.3 Å². The summed E-state index contributed by atoms with van der Waals surface area (Å²) in [6.45, 7) is 0. The fraction of sp³-hybridized carbons (Fsp3) is 0. The molecule has 0 bridgehead atoms. The molecule has 0 spiro atoms. The van der Waals surface area contributed by atoms with Crippen molar-refractivity contribution in [3.05, 3.63) is 83.0 Å². The third-order valence-electron chi connectivity index (χ3n) is 3.47. The Bertz CT molecular complexity index is 980. The van der Waals surface area contributed by atoms with Crippen LogP contribution in [0, 0.1) is 0 Å². The van der Waals surface area contributed by atoms with Gasteiger partial charge in [0.15, 0.2) is 0 Å². The predicted octanol–water partition coefficient (Wildman–Crippen LogP) is 3.31.